The molecule has 2 fully saturated rings. The summed E-state index contributed by atoms with van der Waals surface area (Å²) in [7, 11) is 0. The monoisotopic (exact) mass is 550 g/mol. The van der Waals surface area contributed by atoms with Crippen LogP contribution in [-0.2, 0) is 19.4 Å². The summed E-state index contributed by atoms with van der Waals surface area (Å²) >= 11 is 0. The lowest BCUT2D eigenvalue weighted by Gasteiger charge is -2.40. The highest BCUT2D eigenvalue weighted by molar-refractivity contribution is 5.62. The second-order valence-electron chi connectivity index (χ2n) is 11.0. The predicted octanol–water partition coefficient (Wildman–Crippen LogP) is 3.84. The number of nitriles is 1. The number of nitrogens with two attached hydrogens (primary N) is 1. The van der Waals surface area contributed by atoms with E-state index in [0.29, 0.717) is 56.8 Å². The second-order valence-corrected chi connectivity index (χ2v) is 11.0. The van der Waals surface area contributed by atoms with Crippen LogP contribution in [0, 0.1) is 40.6 Å². The zero-order chi connectivity index (χ0) is 28.4. The molecule has 0 amide bonds. The van der Waals surface area contributed by atoms with E-state index >= 15 is 8.78 Å². The van der Waals surface area contributed by atoms with Gasteiger partial charge in [-0.05, 0) is 67.3 Å². The minimum absolute atomic E-state index is 0.00656. The van der Waals surface area contributed by atoms with Crippen molar-refractivity contribution in [1.29, 1.82) is 5.26 Å². The lowest BCUT2D eigenvalue weighted by atomic mass is 9.92. The molecule has 3 aromatic rings. The third-order valence-corrected chi connectivity index (χ3v) is 7.93. The van der Waals surface area contributed by atoms with Gasteiger partial charge in [0.15, 0.2) is 0 Å². The molecule has 1 aromatic carbocycles. The number of halogens is 3. The topological polar surface area (TPSA) is 102 Å². The van der Waals surface area contributed by atoms with Gasteiger partial charge in [-0.3, -0.25) is 9.88 Å². The first-order valence-electron chi connectivity index (χ1n) is 13.6. The van der Waals surface area contributed by atoms with Gasteiger partial charge in [-0.15, -0.1) is 0 Å². The largest absolute Gasteiger partial charge is 0.391 e. The lowest BCUT2D eigenvalue weighted by molar-refractivity contribution is 0.0784. The summed E-state index contributed by atoms with van der Waals surface area (Å²) in [5.74, 6) is -2.62. The molecule has 0 radical (unpaired) electrons. The number of rotatable bonds is 7. The summed E-state index contributed by atoms with van der Waals surface area (Å²) in [5, 5.41) is 19.3. The van der Waals surface area contributed by atoms with E-state index < -0.39 is 29.1 Å². The average molecular weight is 551 g/mol. The van der Waals surface area contributed by atoms with E-state index in [1.54, 1.807) is 12.4 Å². The number of aromatic nitrogens is 2. The van der Waals surface area contributed by atoms with E-state index in [2.05, 4.69) is 20.9 Å². The maximum atomic E-state index is 15.2. The summed E-state index contributed by atoms with van der Waals surface area (Å²) in [5.41, 5.74) is 8.12. The summed E-state index contributed by atoms with van der Waals surface area (Å²) in [6.07, 6.45) is 4.56. The lowest BCUT2D eigenvalue weighted by Crippen LogP contribution is -2.55. The van der Waals surface area contributed by atoms with Gasteiger partial charge in [0.1, 0.15) is 23.1 Å². The van der Waals surface area contributed by atoms with Crippen molar-refractivity contribution >= 4 is 5.69 Å². The summed E-state index contributed by atoms with van der Waals surface area (Å²) in [6.45, 7) is 4.68. The Morgan fingerprint density at radius 2 is 1.85 bits per heavy atom. The molecule has 2 aliphatic rings. The third kappa shape index (κ3) is 5.97. The number of aliphatic hydroxyl groups is 1. The molecule has 0 saturated carbocycles. The molecule has 40 heavy (non-hydrogen) atoms. The van der Waals surface area contributed by atoms with Crippen LogP contribution in [0.25, 0.3) is 11.3 Å². The normalized spacial score (nSPS) is 23.4. The van der Waals surface area contributed by atoms with Crippen molar-refractivity contribution in [2.45, 2.75) is 44.9 Å². The minimum atomic E-state index is -0.873. The highest BCUT2D eigenvalue weighted by Crippen LogP contribution is 2.31. The molecule has 7 nitrogen and oxygen atoms in total. The van der Waals surface area contributed by atoms with Gasteiger partial charge in [0.2, 0.25) is 0 Å². The molecule has 0 spiro atoms. The van der Waals surface area contributed by atoms with Gasteiger partial charge in [0, 0.05) is 61.9 Å². The van der Waals surface area contributed by atoms with E-state index in [-0.39, 0.29) is 23.6 Å². The highest BCUT2D eigenvalue weighted by atomic mass is 19.1. The van der Waals surface area contributed by atoms with Crippen LogP contribution < -0.4 is 10.6 Å². The number of aryl methyl sites for hydroxylation is 2. The molecule has 2 aliphatic heterocycles. The van der Waals surface area contributed by atoms with Gasteiger partial charge in [0.05, 0.1) is 23.7 Å². The van der Waals surface area contributed by atoms with Crippen LogP contribution >= 0.6 is 0 Å². The SMILES string of the molecule is C[C@H]1CN(c2ccncc2CCc2ccc(F)c(-c3c(F)cc(CN4CC[C@@H](C#N)C4)cc3F)n2)C[C@@H](N)[C@@H]1O. The Kier molecular flexibility index (Phi) is 8.35. The van der Waals surface area contributed by atoms with Crippen molar-refractivity contribution in [2.75, 3.05) is 31.1 Å². The average Bonchev–Trinajstić information content (AvgIpc) is 3.39. The number of pyridine rings is 2. The molecular weight excluding hydrogens is 517 g/mol. The number of aliphatic hydroxyl groups excluding tert-OH is 1. The van der Waals surface area contributed by atoms with Crippen LogP contribution in [0.2, 0.25) is 0 Å². The number of likely N-dealkylation sites (tertiary alicyclic amines) is 1. The van der Waals surface area contributed by atoms with E-state index in [1.807, 2.05) is 17.9 Å². The quantitative estimate of drug-likeness (QED) is 0.461. The van der Waals surface area contributed by atoms with E-state index in [4.69, 9.17) is 11.0 Å². The first-order valence-corrected chi connectivity index (χ1v) is 13.6. The minimum Gasteiger partial charge on any atom is -0.391 e. The second kappa shape index (κ2) is 11.9. The van der Waals surface area contributed by atoms with Gasteiger partial charge in [-0.2, -0.15) is 5.26 Å². The Morgan fingerprint density at radius 3 is 2.55 bits per heavy atom. The van der Waals surface area contributed by atoms with Crippen molar-refractivity contribution in [3.05, 3.63) is 77.0 Å². The number of nitrogens with zero attached hydrogens (tertiary/aromatic N) is 5. The number of benzene rings is 1. The molecule has 4 atom stereocenters. The molecule has 0 bridgehead atoms. The Balaban J connectivity index is 1.33. The molecule has 2 saturated heterocycles. The maximum absolute atomic E-state index is 15.2. The number of hydrogen-bond donors (Lipinski definition) is 2. The first kappa shape index (κ1) is 28.0. The Labute approximate surface area is 232 Å². The molecule has 0 unspecified atom stereocenters. The van der Waals surface area contributed by atoms with Crippen LogP contribution in [-0.4, -0.2) is 58.3 Å². The number of anilines is 1. The standard InChI is InChI=1S/C30H33F3N6O/c1-18-14-39(17-26(35)30(18)40)27-6-8-36-13-21(27)2-3-22-4-5-23(31)29(37-22)28-24(32)10-20(11-25(28)33)16-38-9-7-19(12-34)15-38/h4-6,8,10-11,13,18-19,26,30,40H,2-3,7,9,14-17,35H2,1H3/t18-,19-,26+,30+/m0/s1. The fraction of sp³-hybridized carbons (Fsp3) is 0.433. The Bertz CT molecular complexity index is 1380. The first-order chi connectivity index (χ1) is 19.2. The molecule has 210 valence electrons. The molecule has 0 aliphatic carbocycles. The zero-order valence-corrected chi connectivity index (χ0v) is 22.4. The molecule has 10 heteroatoms. The third-order valence-electron chi connectivity index (χ3n) is 7.93. The summed E-state index contributed by atoms with van der Waals surface area (Å²) in [6, 6.07) is 8.91. The maximum Gasteiger partial charge on any atom is 0.149 e. The van der Waals surface area contributed by atoms with Crippen LogP contribution in [0.1, 0.15) is 30.2 Å². The van der Waals surface area contributed by atoms with Gasteiger partial charge < -0.3 is 15.7 Å². The zero-order valence-electron chi connectivity index (χ0n) is 22.4. The van der Waals surface area contributed by atoms with Crippen molar-refractivity contribution in [2.24, 2.45) is 17.6 Å². The van der Waals surface area contributed by atoms with Gasteiger partial charge in [-0.1, -0.05) is 6.92 Å². The fourth-order valence-electron chi connectivity index (χ4n) is 5.78. The molecule has 4 heterocycles. The van der Waals surface area contributed by atoms with Crippen molar-refractivity contribution in [3.63, 3.8) is 0 Å². The predicted molar refractivity (Wildman–Crippen MR) is 146 cm³/mol. The fourth-order valence-corrected chi connectivity index (χ4v) is 5.78. The van der Waals surface area contributed by atoms with Crippen molar-refractivity contribution in [1.82, 2.24) is 14.9 Å². The van der Waals surface area contributed by atoms with Crippen LogP contribution in [0.5, 0.6) is 0 Å². The highest BCUT2D eigenvalue weighted by Gasteiger charge is 2.31. The van der Waals surface area contributed by atoms with E-state index in [9.17, 15) is 9.50 Å². The van der Waals surface area contributed by atoms with Gasteiger partial charge in [0.25, 0.3) is 0 Å². The molecular formula is C30H33F3N6O. The van der Waals surface area contributed by atoms with E-state index in [1.165, 1.54) is 24.3 Å². The number of hydrogen-bond acceptors (Lipinski definition) is 7. The number of piperidine rings is 1. The Hall–Kier alpha value is -3.52. The van der Waals surface area contributed by atoms with Gasteiger partial charge >= 0.3 is 0 Å². The van der Waals surface area contributed by atoms with Crippen molar-refractivity contribution in [3.8, 4) is 17.3 Å². The van der Waals surface area contributed by atoms with Gasteiger partial charge in [-0.25, -0.2) is 18.2 Å². The van der Waals surface area contributed by atoms with Crippen LogP contribution in [0.3, 0.4) is 0 Å². The summed E-state index contributed by atoms with van der Waals surface area (Å²) in [4.78, 5) is 12.7. The van der Waals surface area contributed by atoms with Crippen LogP contribution in [0.4, 0.5) is 18.9 Å². The molecule has 3 N–H and O–H groups in total. The Morgan fingerprint density at radius 1 is 1.07 bits per heavy atom. The molecule has 5 rings (SSSR count). The van der Waals surface area contributed by atoms with Crippen molar-refractivity contribution < 1.29 is 18.3 Å². The molecule has 2 aromatic heterocycles. The van der Waals surface area contributed by atoms with E-state index in [0.717, 1.165) is 17.7 Å². The van der Waals surface area contributed by atoms with Crippen LogP contribution in [0.15, 0.2) is 42.7 Å². The summed E-state index contributed by atoms with van der Waals surface area (Å²) < 4.78 is 45.1. The smallest absolute Gasteiger partial charge is 0.149 e.